The largest absolute Gasteiger partial charge is 0.507 e. The van der Waals surface area contributed by atoms with E-state index in [2.05, 4.69) is 11.9 Å². The third-order valence-corrected chi connectivity index (χ3v) is 7.77. The third kappa shape index (κ3) is 3.95. The van der Waals surface area contributed by atoms with Gasteiger partial charge in [0, 0.05) is 5.56 Å². The Morgan fingerprint density at radius 2 is 1.82 bits per heavy atom. The fourth-order valence-electron chi connectivity index (χ4n) is 4.75. The van der Waals surface area contributed by atoms with E-state index in [1.165, 1.54) is 16.2 Å². The first-order chi connectivity index (χ1) is 18.5. The van der Waals surface area contributed by atoms with E-state index in [1.807, 2.05) is 36.4 Å². The van der Waals surface area contributed by atoms with Crippen molar-refractivity contribution in [3.63, 3.8) is 0 Å². The molecule has 0 saturated carbocycles. The van der Waals surface area contributed by atoms with Crippen LogP contribution in [-0.2, 0) is 16.0 Å². The van der Waals surface area contributed by atoms with Gasteiger partial charge in [0.2, 0.25) is 0 Å². The van der Waals surface area contributed by atoms with E-state index in [1.54, 1.807) is 31.4 Å². The molecule has 0 unspecified atom stereocenters. The number of methoxy groups -OCH3 is 1. The Hall–Kier alpha value is -4.37. The van der Waals surface area contributed by atoms with Crippen LogP contribution in [0.4, 0.5) is 5.13 Å². The second-order valence-electron chi connectivity index (χ2n) is 8.95. The molecular weight excluding hydrogens is 504 g/mol. The lowest BCUT2D eigenvalue weighted by Gasteiger charge is -2.23. The topological polar surface area (TPSA) is 98.2 Å². The maximum atomic E-state index is 13.5. The quantitative estimate of drug-likeness (QED) is 0.214. The zero-order chi connectivity index (χ0) is 26.4. The molecule has 0 radical (unpaired) electrons. The number of Topliss-reactive ketones (excluding diaryl/α,β-unsaturated/α-hetero) is 1. The van der Waals surface area contributed by atoms with Crippen LogP contribution in [0.2, 0.25) is 0 Å². The van der Waals surface area contributed by atoms with Crippen LogP contribution in [0.25, 0.3) is 16.0 Å². The van der Waals surface area contributed by atoms with Crippen molar-refractivity contribution in [2.45, 2.75) is 19.4 Å². The average molecular weight is 529 g/mol. The smallest absolute Gasteiger partial charge is 0.301 e. The standard InChI is InChI=1S/C29H24N2O6S/c1-3-16-4-6-17(7-5-16)25-24(26(32)18-8-11-21-22(14-18)37-13-12-36-21)27(33)28(34)31(25)29-30-20-10-9-19(35-2)15-23(20)38-29/h4-11,14-15,25,32H,3,12-13H2,1-2H3/t25-/m0/s1. The Morgan fingerprint density at radius 3 is 2.55 bits per heavy atom. The van der Waals surface area contributed by atoms with Crippen LogP contribution in [0, 0.1) is 0 Å². The number of aromatic nitrogens is 1. The van der Waals surface area contributed by atoms with Gasteiger partial charge in [-0.15, -0.1) is 0 Å². The van der Waals surface area contributed by atoms with Gasteiger partial charge in [0.25, 0.3) is 5.78 Å². The third-order valence-electron chi connectivity index (χ3n) is 6.75. The number of carbonyl (C=O) groups is 2. The zero-order valence-electron chi connectivity index (χ0n) is 20.8. The van der Waals surface area contributed by atoms with Gasteiger partial charge in [0.15, 0.2) is 16.6 Å². The molecule has 4 aromatic rings. The number of aryl methyl sites for hydroxylation is 1. The summed E-state index contributed by atoms with van der Waals surface area (Å²) in [5.74, 6) is -0.114. The van der Waals surface area contributed by atoms with E-state index in [0.29, 0.717) is 52.2 Å². The van der Waals surface area contributed by atoms with Crippen LogP contribution in [0.15, 0.2) is 66.2 Å². The number of fused-ring (bicyclic) bond motifs is 2. The summed E-state index contributed by atoms with van der Waals surface area (Å²) >= 11 is 1.29. The summed E-state index contributed by atoms with van der Waals surface area (Å²) in [6, 6.07) is 17.2. The number of aliphatic hydroxyl groups excluding tert-OH is 1. The van der Waals surface area contributed by atoms with Crippen LogP contribution in [0.3, 0.4) is 0 Å². The molecule has 3 heterocycles. The first-order valence-corrected chi connectivity index (χ1v) is 13.0. The molecule has 8 nitrogen and oxygen atoms in total. The Morgan fingerprint density at radius 1 is 1.05 bits per heavy atom. The monoisotopic (exact) mass is 528 g/mol. The first kappa shape index (κ1) is 24.0. The minimum Gasteiger partial charge on any atom is -0.507 e. The summed E-state index contributed by atoms with van der Waals surface area (Å²) < 4.78 is 17.4. The van der Waals surface area contributed by atoms with E-state index in [9.17, 15) is 14.7 Å². The Bertz CT molecular complexity index is 1610. The molecule has 0 aliphatic carbocycles. The summed E-state index contributed by atoms with van der Waals surface area (Å²) in [6.45, 7) is 2.87. The van der Waals surface area contributed by atoms with E-state index in [-0.39, 0.29) is 11.3 Å². The van der Waals surface area contributed by atoms with Gasteiger partial charge in [-0.3, -0.25) is 14.5 Å². The predicted molar refractivity (Wildman–Crippen MR) is 144 cm³/mol. The van der Waals surface area contributed by atoms with Crippen LogP contribution in [-0.4, -0.2) is 42.1 Å². The highest BCUT2D eigenvalue weighted by atomic mass is 32.1. The number of anilines is 1. The van der Waals surface area contributed by atoms with Gasteiger partial charge in [0.1, 0.15) is 24.7 Å². The van der Waals surface area contributed by atoms with Crippen LogP contribution < -0.4 is 19.1 Å². The number of aliphatic hydroxyl groups is 1. The van der Waals surface area contributed by atoms with Crippen LogP contribution in [0.5, 0.6) is 17.2 Å². The lowest BCUT2D eigenvalue weighted by molar-refractivity contribution is -0.132. The first-order valence-electron chi connectivity index (χ1n) is 12.2. The van der Waals surface area contributed by atoms with Crippen molar-refractivity contribution in [2.75, 3.05) is 25.2 Å². The van der Waals surface area contributed by atoms with E-state index in [0.717, 1.165) is 16.7 Å². The van der Waals surface area contributed by atoms with Crippen molar-refractivity contribution in [1.82, 2.24) is 4.98 Å². The summed E-state index contributed by atoms with van der Waals surface area (Å²) in [7, 11) is 1.58. The van der Waals surface area contributed by atoms with Crippen LogP contribution in [0.1, 0.15) is 29.7 Å². The maximum absolute atomic E-state index is 13.5. The summed E-state index contributed by atoms with van der Waals surface area (Å²) in [4.78, 5) is 33.1. The molecule has 1 fully saturated rings. The fourth-order valence-corrected chi connectivity index (χ4v) is 5.77. The molecule has 1 aromatic heterocycles. The second-order valence-corrected chi connectivity index (χ2v) is 9.96. The molecule has 9 heteroatoms. The number of rotatable bonds is 5. The molecule has 6 rings (SSSR count). The highest BCUT2D eigenvalue weighted by Gasteiger charge is 2.48. The summed E-state index contributed by atoms with van der Waals surface area (Å²) in [5.41, 5.74) is 2.84. The molecule has 1 saturated heterocycles. The van der Waals surface area contributed by atoms with Gasteiger partial charge in [0.05, 0.1) is 28.9 Å². The van der Waals surface area contributed by atoms with E-state index >= 15 is 0 Å². The molecule has 1 amide bonds. The van der Waals surface area contributed by atoms with Gasteiger partial charge in [-0.1, -0.05) is 42.5 Å². The van der Waals surface area contributed by atoms with Crippen molar-refractivity contribution < 1.29 is 28.9 Å². The van der Waals surface area contributed by atoms with Gasteiger partial charge in [-0.05, 0) is 53.9 Å². The lowest BCUT2D eigenvalue weighted by atomic mass is 9.94. The van der Waals surface area contributed by atoms with Crippen molar-refractivity contribution in [1.29, 1.82) is 0 Å². The fraction of sp³-hybridized carbons (Fsp3) is 0.207. The van der Waals surface area contributed by atoms with Crippen molar-refractivity contribution in [3.8, 4) is 17.2 Å². The van der Waals surface area contributed by atoms with E-state index < -0.39 is 17.7 Å². The number of nitrogens with zero attached hydrogens (tertiary/aromatic N) is 2. The molecule has 38 heavy (non-hydrogen) atoms. The number of ketones is 1. The second kappa shape index (κ2) is 9.50. The average Bonchev–Trinajstić information content (AvgIpc) is 3.49. The molecule has 0 spiro atoms. The highest BCUT2D eigenvalue weighted by Crippen LogP contribution is 2.45. The molecule has 192 valence electrons. The number of carbonyl (C=O) groups excluding carboxylic acids is 2. The minimum absolute atomic E-state index is 0.00670. The van der Waals surface area contributed by atoms with Gasteiger partial charge >= 0.3 is 5.91 Å². The Balaban J connectivity index is 1.52. The SMILES string of the molecule is CCc1ccc([C@H]2C(=C(O)c3ccc4c(c3)OCCO4)C(=O)C(=O)N2c2nc3ccc(OC)cc3s2)cc1. The number of ether oxygens (including phenoxy) is 3. The normalized spacial score (nSPS) is 18.3. The van der Waals surface area contributed by atoms with Crippen molar-refractivity contribution in [3.05, 3.63) is 82.9 Å². The van der Waals surface area contributed by atoms with Gasteiger partial charge in [-0.2, -0.15) is 0 Å². The number of benzene rings is 3. The molecule has 1 N–H and O–H groups in total. The number of thiazole rings is 1. The van der Waals surface area contributed by atoms with Crippen molar-refractivity contribution >= 4 is 44.1 Å². The molecule has 2 aliphatic heterocycles. The maximum Gasteiger partial charge on any atom is 0.301 e. The van der Waals surface area contributed by atoms with Gasteiger partial charge < -0.3 is 19.3 Å². The molecule has 0 bridgehead atoms. The lowest BCUT2D eigenvalue weighted by Crippen LogP contribution is -2.29. The Labute approximate surface area is 222 Å². The summed E-state index contributed by atoms with van der Waals surface area (Å²) in [6.07, 6.45) is 0.845. The molecular formula is C29H24N2O6S. The Kier molecular flexibility index (Phi) is 6.00. The van der Waals surface area contributed by atoms with Crippen LogP contribution >= 0.6 is 11.3 Å². The number of hydrogen-bond acceptors (Lipinski definition) is 8. The summed E-state index contributed by atoms with van der Waals surface area (Å²) in [5, 5.41) is 11.8. The highest BCUT2D eigenvalue weighted by molar-refractivity contribution is 7.22. The minimum atomic E-state index is -0.864. The molecule has 2 aliphatic rings. The molecule has 1 atom stereocenters. The number of hydrogen-bond donors (Lipinski definition) is 1. The predicted octanol–water partition coefficient (Wildman–Crippen LogP) is 5.26. The van der Waals surface area contributed by atoms with E-state index in [4.69, 9.17) is 14.2 Å². The number of amides is 1. The zero-order valence-corrected chi connectivity index (χ0v) is 21.6. The van der Waals surface area contributed by atoms with Crippen molar-refractivity contribution in [2.24, 2.45) is 0 Å². The van der Waals surface area contributed by atoms with Gasteiger partial charge in [-0.25, -0.2) is 4.98 Å². The molecule has 3 aromatic carbocycles.